The minimum atomic E-state index is 0.298. The van der Waals surface area contributed by atoms with Crippen LogP contribution in [0.2, 0.25) is 0 Å². The second-order valence-electron chi connectivity index (χ2n) is 11.5. The first-order chi connectivity index (χ1) is 16.7. The van der Waals surface area contributed by atoms with Crippen LogP contribution in [0.3, 0.4) is 0 Å². The van der Waals surface area contributed by atoms with Gasteiger partial charge in [-0.3, -0.25) is 0 Å². The average Bonchev–Trinajstić information content (AvgIpc) is 3.22. The highest BCUT2D eigenvalue weighted by molar-refractivity contribution is 5.76. The van der Waals surface area contributed by atoms with Gasteiger partial charge in [0, 0.05) is 17.1 Å². The van der Waals surface area contributed by atoms with Crippen LogP contribution in [0.25, 0.3) is 0 Å². The van der Waals surface area contributed by atoms with E-state index in [-0.39, 0.29) is 0 Å². The number of nitrogens with zero attached hydrogens (tertiary/aromatic N) is 1. The van der Waals surface area contributed by atoms with Crippen LogP contribution in [-0.4, -0.2) is 6.61 Å². The standard InChI is InChI=1S/C33H41NO/c1-24(2)19-26-21-27(32(22-26)33(4,5)6)23-35-31-17-15-29(16-18-31)34(28-12-8-7-9-13-28)30-14-10-11-25(3)20-30/h7-20,26-27,32H,21-23H2,1-6H3. The maximum absolute atomic E-state index is 6.39. The minimum Gasteiger partial charge on any atom is -0.493 e. The number of para-hydroxylation sites is 1. The first-order valence-electron chi connectivity index (χ1n) is 13.0. The molecule has 35 heavy (non-hydrogen) atoms. The van der Waals surface area contributed by atoms with Crippen LogP contribution in [-0.2, 0) is 0 Å². The summed E-state index contributed by atoms with van der Waals surface area (Å²) in [5.74, 6) is 2.89. The second-order valence-corrected chi connectivity index (χ2v) is 11.5. The zero-order valence-corrected chi connectivity index (χ0v) is 22.3. The molecule has 2 heteroatoms. The Morgan fingerprint density at radius 1 is 0.857 bits per heavy atom. The molecule has 0 saturated heterocycles. The molecule has 1 aliphatic carbocycles. The van der Waals surface area contributed by atoms with Gasteiger partial charge in [-0.25, -0.2) is 0 Å². The average molecular weight is 468 g/mol. The van der Waals surface area contributed by atoms with Crippen molar-refractivity contribution in [1.82, 2.24) is 0 Å². The van der Waals surface area contributed by atoms with Gasteiger partial charge in [0.1, 0.15) is 5.75 Å². The highest BCUT2D eigenvalue weighted by Crippen LogP contribution is 2.47. The Morgan fingerprint density at radius 3 is 2.14 bits per heavy atom. The van der Waals surface area contributed by atoms with Gasteiger partial charge in [0.05, 0.1) is 6.61 Å². The van der Waals surface area contributed by atoms with Gasteiger partial charge in [-0.2, -0.15) is 0 Å². The molecule has 3 aromatic rings. The van der Waals surface area contributed by atoms with Gasteiger partial charge in [0.15, 0.2) is 0 Å². The van der Waals surface area contributed by atoms with Crippen molar-refractivity contribution in [2.75, 3.05) is 11.5 Å². The molecule has 0 N–H and O–H groups in total. The van der Waals surface area contributed by atoms with Gasteiger partial charge in [-0.1, -0.05) is 62.8 Å². The van der Waals surface area contributed by atoms with Crippen LogP contribution in [0.5, 0.6) is 5.75 Å². The molecular formula is C33H41NO. The van der Waals surface area contributed by atoms with Crippen LogP contribution in [0, 0.1) is 30.1 Å². The van der Waals surface area contributed by atoms with Crippen LogP contribution in [0.1, 0.15) is 53.0 Å². The van der Waals surface area contributed by atoms with Crippen molar-refractivity contribution in [2.45, 2.75) is 54.4 Å². The molecule has 0 aromatic heterocycles. The zero-order valence-electron chi connectivity index (χ0n) is 22.3. The Balaban J connectivity index is 1.51. The molecule has 0 spiro atoms. The third-order valence-corrected chi connectivity index (χ3v) is 7.25. The van der Waals surface area contributed by atoms with Gasteiger partial charge in [0.2, 0.25) is 0 Å². The van der Waals surface area contributed by atoms with E-state index in [9.17, 15) is 0 Å². The summed E-state index contributed by atoms with van der Waals surface area (Å²) in [6.45, 7) is 14.5. The number of hydrogen-bond acceptors (Lipinski definition) is 2. The van der Waals surface area contributed by atoms with E-state index in [2.05, 4.69) is 131 Å². The van der Waals surface area contributed by atoms with E-state index in [4.69, 9.17) is 4.74 Å². The Labute approximate surface area is 212 Å². The lowest BCUT2D eigenvalue weighted by Gasteiger charge is -2.32. The normalized spacial score (nSPS) is 19.9. The molecule has 184 valence electrons. The van der Waals surface area contributed by atoms with Crippen molar-refractivity contribution >= 4 is 17.1 Å². The Hall–Kier alpha value is -3.00. The molecule has 0 heterocycles. The van der Waals surface area contributed by atoms with Crippen molar-refractivity contribution in [3.8, 4) is 5.75 Å². The van der Waals surface area contributed by atoms with Crippen molar-refractivity contribution in [3.63, 3.8) is 0 Å². The number of benzene rings is 3. The van der Waals surface area contributed by atoms with Gasteiger partial charge >= 0.3 is 0 Å². The molecule has 0 radical (unpaired) electrons. The van der Waals surface area contributed by atoms with E-state index in [0.717, 1.165) is 29.4 Å². The van der Waals surface area contributed by atoms with Crippen LogP contribution in [0.15, 0.2) is 90.5 Å². The molecule has 1 fully saturated rings. The smallest absolute Gasteiger partial charge is 0.119 e. The number of ether oxygens (including phenoxy) is 1. The zero-order chi connectivity index (χ0) is 25.0. The lowest BCUT2D eigenvalue weighted by atomic mass is 9.75. The highest BCUT2D eigenvalue weighted by atomic mass is 16.5. The van der Waals surface area contributed by atoms with Crippen molar-refractivity contribution in [1.29, 1.82) is 0 Å². The minimum absolute atomic E-state index is 0.298. The summed E-state index contributed by atoms with van der Waals surface area (Å²) in [4.78, 5) is 2.30. The molecule has 4 rings (SSSR count). The van der Waals surface area contributed by atoms with E-state index in [1.807, 2.05) is 0 Å². The number of hydrogen-bond donors (Lipinski definition) is 0. The summed E-state index contributed by atoms with van der Waals surface area (Å²) >= 11 is 0. The molecule has 3 aromatic carbocycles. The second kappa shape index (κ2) is 10.7. The number of allylic oxidation sites excluding steroid dienone is 2. The van der Waals surface area contributed by atoms with Gasteiger partial charge in [0.25, 0.3) is 0 Å². The fourth-order valence-corrected chi connectivity index (χ4v) is 5.71. The Kier molecular flexibility index (Phi) is 7.69. The number of aryl methyl sites for hydroxylation is 1. The lowest BCUT2D eigenvalue weighted by Crippen LogP contribution is -2.27. The SMILES string of the molecule is CC(C)=CC1CC(COc2ccc(N(c3ccccc3)c3cccc(C)c3)cc2)C(C(C)(C)C)C1. The molecule has 1 aliphatic rings. The van der Waals surface area contributed by atoms with Crippen LogP contribution in [0.4, 0.5) is 17.1 Å². The maximum Gasteiger partial charge on any atom is 0.119 e. The Morgan fingerprint density at radius 2 is 1.51 bits per heavy atom. The quantitative estimate of drug-likeness (QED) is 0.321. The van der Waals surface area contributed by atoms with Crippen LogP contribution >= 0.6 is 0 Å². The van der Waals surface area contributed by atoms with Gasteiger partial charge < -0.3 is 9.64 Å². The maximum atomic E-state index is 6.39. The van der Waals surface area contributed by atoms with Crippen LogP contribution < -0.4 is 9.64 Å². The van der Waals surface area contributed by atoms with E-state index >= 15 is 0 Å². The topological polar surface area (TPSA) is 12.5 Å². The summed E-state index contributed by atoms with van der Waals surface area (Å²) in [6.07, 6.45) is 4.96. The van der Waals surface area contributed by atoms with Crippen molar-refractivity contribution < 1.29 is 4.74 Å². The molecule has 0 aliphatic heterocycles. The molecule has 1 saturated carbocycles. The first kappa shape index (κ1) is 25.1. The molecule has 2 nitrogen and oxygen atoms in total. The van der Waals surface area contributed by atoms with E-state index in [1.54, 1.807) is 0 Å². The predicted molar refractivity (Wildman–Crippen MR) is 150 cm³/mol. The molecule has 0 amide bonds. The number of rotatable bonds is 7. The monoisotopic (exact) mass is 467 g/mol. The third-order valence-electron chi connectivity index (χ3n) is 7.25. The van der Waals surface area contributed by atoms with E-state index in [0.29, 0.717) is 23.2 Å². The summed E-state index contributed by atoms with van der Waals surface area (Å²) in [5, 5.41) is 0. The molecular weight excluding hydrogens is 426 g/mol. The fourth-order valence-electron chi connectivity index (χ4n) is 5.71. The first-order valence-corrected chi connectivity index (χ1v) is 13.0. The largest absolute Gasteiger partial charge is 0.493 e. The van der Waals surface area contributed by atoms with Gasteiger partial charge in [-0.15, -0.1) is 0 Å². The predicted octanol–water partition coefficient (Wildman–Crippen LogP) is 9.50. The summed E-state index contributed by atoms with van der Waals surface area (Å²) in [5.41, 5.74) is 6.42. The van der Waals surface area contributed by atoms with Crippen molar-refractivity contribution in [3.05, 3.63) is 96.1 Å². The summed E-state index contributed by atoms with van der Waals surface area (Å²) in [6, 6.07) is 27.8. The highest BCUT2D eigenvalue weighted by Gasteiger charge is 2.40. The molecule has 3 unspecified atom stereocenters. The van der Waals surface area contributed by atoms with Crippen molar-refractivity contribution in [2.24, 2.45) is 23.2 Å². The fraction of sp³-hybridized carbons (Fsp3) is 0.394. The molecule has 0 bridgehead atoms. The molecule has 3 atom stereocenters. The summed E-state index contributed by atoms with van der Waals surface area (Å²) < 4.78 is 6.39. The lowest BCUT2D eigenvalue weighted by molar-refractivity contribution is 0.133. The van der Waals surface area contributed by atoms with E-state index in [1.165, 1.54) is 24.0 Å². The summed E-state index contributed by atoms with van der Waals surface area (Å²) in [7, 11) is 0. The Bertz CT molecular complexity index is 1120. The van der Waals surface area contributed by atoms with E-state index < -0.39 is 0 Å². The van der Waals surface area contributed by atoms with Gasteiger partial charge in [-0.05, 0) is 111 Å². The third kappa shape index (κ3) is 6.36. The number of anilines is 3.